The summed E-state index contributed by atoms with van der Waals surface area (Å²) in [5.74, 6) is -0.122. The third-order valence-electron chi connectivity index (χ3n) is 6.93. The number of amides is 2. The lowest BCUT2D eigenvalue weighted by Gasteiger charge is -2.35. The van der Waals surface area contributed by atoms with Gasteiger partial charge in [-0.15, -0.1) is 28.6 Å². The van der Waals surface area contributed by atoms with Crippen LogP contribution in [0, 0.1) is 0 Å². The fourth-order valence-corrected chi connectivity index (χ4v) is 7.47. The van der Waals surface area contributed by atoms with Gasteiger partial charge in [0.2, 0.25) is 0 Å². The van der Waals surface area contributed by atoms with Crippen LogP contribution in [0.4, 0.5) is 11.4 Å². The standard InChI is InChI=1S/C33H34N2O5S2/c1-2-3-20-41-33(42-21-19-39-23-31(38)40-35-29(36)17-18-30(35)37)32-25-13-7-9-15-27(25)34(22-24-11-5-4-6-12-24)28-16-10-8-14-26(28)32/h4-16H,2-3,17-23H2,1H3. The maximum absolute atomic E-state index is 12.1. The zero-order valence-electron chi connectivity index (χ0n) is 23.6. The van der Waals surface area contributed by atoms with Crippen LogP contribution in [0.3, 0.4) is 0 Å². The Morgan fingerprint density at radius 3 is 2.05 bits per heavy atom. The van der Waals surface area contributed by atoms with Crippen LogP contribution >= 0.6 is 23.5 Å². The van der Waals surface area contributed by atoms with E-state index in [9.17, 15) is 14.4 Å². The van der Waals surface area contributed by atoms with Gasteiger partial charge in [0, 0.05) is 57.5 Å². The molecular formula is C33H34N2O5S2. The number of fused-ring (bicyclic) bond motifs is 2. The van der Waals surface area contributed by atoms with Gasteiger partial charge in [0.15, 0.2) is 0 Å². The van der Waals surface area contributed by atoms with Crippen LogP contribution in [0.2, 0.25) is 0 Å². The Balaban J connectivity index is 1.35. The van der Waals surface area contributed by atoms with E-state index in [0.717, 1.165) is 25.1 Å². The second kappa shape index (κ2) is 14.6. The topological polar surface area (TPSA) is 76.1 Å². The van der Waals surface area contributed by atoms with E-state index in [1.165, 1.54) is 37.9 Å². The lowest BCUT2D eigenvalue weighted by Crippen LogP contribution is -2.33. The van der Waals surface area contributed by atoms with Crippen molar-refractivity contribution in [2.75, 3.05) is 29.6 Å². The van der Waals surface area contributed by atoms with Crippen LogP contribution in [0.1, 0.15) is 49.3 Å². The van der Waals surface area contributed by atoms with E-state index < -0.39 is 17.8 Å². The number of hydrogen-bond acceptors (Lipinski definition) is 8. The number of carbonyl (C=O) groups excluding carboxylic acids is 3. The summed E-state index contributed by atoms with van der Waals surface area (Å²) in [5.41, 5.74) is 7.22. The van der Waals surface area contributed by atoms with Crippen molar-refractivity contribution in [3.63, 3.8) is 0 Å². The molecular weight excluding hydrogens is 569 g/mol. The molecule has 1 fully saturated rings. The van der Waals surface area contributed by atoms with Gasteiger partial charge in [0.1, 0.15) is 6.61 Å². The molecule has 2 heterocycles. The quantitative estimate of drug-likeness (QED) is 0.154. The summed E-state index contributed by atoms with van der Waals surface area (Å²) in [7, 11) is 0. The molecule has 0 spiro atoms. The number of rotatable bonds is 13. The van der Waals surface area contributed by atoms with Gasteiger partial charge < -0.3 is 14.5 Å². The number of ether oxygens (including phenoxy) is 1. The van der Waals surface area contributed by atoms with Crippen molar-refractivity contribution in [3.8, 4) is 0 Å². The maximum atomic E-state index is 12.1. The van der Waals surface area contributed by atoms with Gasteiger partial charge >= 0.3 is 5.97 Å². The van der Waals surface area contributed by atoms with Crippen molar-refractivity contribution in [2.24, 2.45) is 0 Å². The summed E-state index contributed by atoms with van der Waals surface area (Å²) in [6.45, 7) is 2.96. The van der Waals surface area contributed by atoms with Gasteiger partial charge in [-0.3, -0.25) is 9.59 Å². The summed E-state index contributed by atoms with van der Waals surface area (Å²) in [6.07, 6.45) is 2.35. The van der Waals surface area contributed by atoms with Crippen molar-refractivity contribution in [1.29, 1.82) is 0 Å². The summed E-state index contributed by atoms with van der Waals surface area (Å²) in [5, 5.41) is 0.548. The van der Waals surface area contributed by atoms with E-state index in [4.69, 9.17) is 9.57 Å². The minimum Gasteiger partial charge on any atom is -0.369 e. The Morgan fingerprint density at radius 2 is 1.40 bits per heavy atom. The molecule has 0 atom stereocenters. The molecule has 5 rings (SSSR count). The van der Waals surface area contributed by atoms with Gasteiger partial charge in [-0.05, 0) is 29.9 Å². The Hall–Kier alpha value is -3.53. The molecule has 0 radical (unpaired) electrons. The largest absolute Gasteiger partial charge is 0.369 e. The van der Waals surface area contributed by atoms with E-state index in [1.807, 2.05) is 17.8 Å². The van der Waals surface area contributed by atoms with Crippen LogP contribution in [0.15, 0.2) is 83.1 Å². The summed E-state index contributed by atoms with van der Waals surface area (Å²) >= 11 is 3.59. The number of nitrogens with zero attached hydrogens (tertiary/aromatic N) is 2. The summed E-state index contributed by atoms with van der Waals surface area (Å²) in [4.78, 5) is 42.8. The average molecular weight is 603 g/mol. The lowest BCUT2D eigenvalue weighted by molar-refractivity contribution is -0.200. The number of thioether (sulfide) groups is 2. The van der Waals surface area contributed by atoms with E-state index in [2.05, 4.69) is 84.6 Å². The molecule has 0 N–H and O–H groups in total. The average Bonchev–Trinajstić information content (AvgIpc) is 3.33. The molecule has 7 nitrogen and oxygen atoms in total. The first-order valence-electron chi connectivity index (χ1n) is 14.2. The SMILES string of the molecule is CCCCSC(SCCOCC(=O)ON1C(=O)CCC1=O)=C1c2ccccc2N(Cc2ccccc2)c2ccccc21. The second-order valence-corrected chi connectivity index (χ2v) is 12.4. The van der Waals surface area contributed by atoms with Gasteiger partial charge in [-0.25, -0.2) is 4.79 Å². The Morgan fingerprint density at radius 1 is 0.810 bits per heavy atom. The molecule has 218 valence electrons. The zero-order chi connectivity index (χ0) is 29.3. The highest BCUT2D eigenvalue weighted by atomic mass is 32.2. The molecule has 0 aromatic heterocycles. The summed E-state index contributed by atoms with van der Waals surface area (Å²) < 4.78 is 6.80. The van der Waals surface area contributed by atoms with Crippen LogP contribution in [-0.2, 0) is 30.5 Å². The monoisotopic (exact) mass is 602 g/mol. The first-order valence-corrected chi connectivity index (χ1v) is 16.2. The number of benzene rings is 3. The van der Waals surface area contributed by atoms with Gasteiger partial charge in [-0.2, -0.15) is 0 Å². The van der Waals surface area contributed by atoms with Crippen molar-refractivity contribution in [1.82, 2.24) is 5.06 Å². The highest BCUT2D eigenvalue weighted by Crippen LogP contribution is 2.50. The number of carbonyl (C=O) groups is 3. The minimum atomic E-state index is -0.756. The first-order chi connectivity index (χ1) is 20.6. The molecule has 3 aromatic rings. The Bertz CT molecular complexity index is 1390. The molecule has 2 aliphatic rings. The molecule has 0 bridgehead atoms. The highest BCUT2D eigenvalue weighted by Gasteiger charge is 2.33. The predicted octanol–water partition coefficient (Wildman–Crippen LogP) is 6.95. The molecule has 3 aromatic carbocycles. The predicted molar refractivity (Wildman–Crippen MR) is 169 cm³/mol. The van der Waals surface area contributed by atoms with Crippen molar-refractivity contribution in [3.05, 3.63) is 99.8 Å². The number of para-hydroxylation sites is 2. The van der Waals surface area contributed by atoms with Crippen LogP contribution in [-0.4, -0.2) is 47.6 Å². The summed E-state index contributed by atoms with van der Waals surface area (Å²) in [6, 6.07) is 27.7. The minimum absolute atomic E-state index is 0.0625. The molecule has 2 amide bonds. The molecule has 0 unspecified atom stereocenters. The van der Waals surface area contributed by atoms with Gasteiger partial charge in [0.05, 0.1) is 6.61 Å². The van der Waals surface area contributed by atoms with Crippen molar-refractivity contribution in [2.45, 2.75) is 39.2 Å². The third kappa shape index (κ3) is 7.09. The fraction of sp³-hybridized carbons (Fsp3) is 0.303. The molecule has 42 heavy (non-hydrogen) atoms. The molecule has 1 saturated heterocycles. The van der Waals surface area contributed by atoms with Crippen LogP contribution in [0.25, 0.3) is 5.57 Å². The number of imide groups is 1. The van der Waals surface area contributed by atoms with E-state index in [0.29, 0.717) is 17.4 Å². The van der Waals surface area contributed by atoms with E-state index in [1.54, 1.807) is 11.8 Å². The maximum Gasteiger partial charge on any atom is 0.358 e. The number of hydroxylamine groups is 2. The molecule has 0 saturated carbocycles. The highest BCUT2D eigenvalue weighted by molar-refractivity contribution is 8.22. The van der Waals surface area contributed by atoms with Crippen LogP contribution < -0.4 is 4.90 Å². The number of anilines is 2. The normalized spacial score (nSPS) is 14.2. The van der Waals surface area contributed by atoms with Gasteiger partial charge in [0.25, 0.3) is 11.8 Å². The lowest BCUT2D eigenvalue weighted by atomic mass is 9.91. The molecule has 2 aliphatic heterocycles. The number of hydrogen-bond donors (Lipinski definition) is 0. The van der Waals surface area contributed by atoms with Crippen molar-refractivity contribution < 1.29 is 24.0 Å². The molecule has 0 aliphatic carbocycles. The van der Waals surface area contributed by atoms with Gasteiger partial charge in [-0.1, -0.05) is 80.1 Å². The number of unbranched alkanes of at least 4 members (excludes halogenated alkanes) is 1. The van der Waals surface area contributed by atoms with Crippen molar-refractivity contribution >= 4 is 58.3 Å². The zero-order valence-corrected chi connectivity index (χ0v) is 25.3. The third-order valence-corrected chi connectivity index (χ3v) is 9.43. The smallest absolute Gasteiger partial charge is 0.358 e. The Kier molecular flexibility index (Phi) is 10.4. The Labute approximate surface area is 255 Å². The first kappa shape index (κ1) is 29.9. The van der Waals surface area contributed by atoms with E-state index in [-0.39, 0.29) is 19.4 Å². The van der Waals surface area contributed by atoms with E-state index >= 15 is 0 Å². The fourth-order valence-electron chi connectivity index (χ4n) is 4.90. The second-order valence-electron chi connectivity index (χ2n) is 9.92. The van der Waals surface area contributed by atoms with Crippen LogP contribution in [0.5, 0.6) is 0 Å². The molecule has 9 heteroatoms.